The van der Waals surface area contributed by atoms with Gasteiger partial charge in [0, 0.05) is 30.4 Å². The van der Waals surface area contributed by atoms with Crippen molar-refractivity contribution in [2.24, 2.45) is 0 Å². The topological polar surface area (TPSA) is 25.4 Å². The molecule has 3 nitrogen and oxygen atoms in total. The highest BCUT2D eigenvalue weighted by Crippen LogP contribution is 2.28. The van der Waals surface area contributed by atoms with Gasteiger partial charge in [-0.3, -0.25) is 9.88 Å². The molecule has 106 valence electrons. The summed E-state index contributed by atoms with van der Waals surface area (Å²) in [6.07, 6.45) is 5.73. The summed E-state index contributed by atoms with van der Waals surface area (Å²) in [5.74, 6) is 0.951. The Labute approximate surface area is 125 Å². The number of benzene rings is 1. The van der Waals surface area contributed by atoms with Crippen molar-refractivity contribution in [2.75, 3.05) is 20.4 Å². The molecule has 0 N–H and O–H groups in total. The van der Waals surface area contributed by atoms with E-state index in [9.17, 15) is 0 Å². The van der Waals surface area contributed by atoms with Gasteiger partial charge in [-0.1, -0.05) is 6.07 Å². The van der Waals surface area contributed by atoms with Crippen molar-refractivity contribution in [3.8, 4) is 5.75 Å². The van der Waals surface area contributed by atoms with Crippen molar-refractivity contribution in [1.29, 1.82) is 0 Å². The van der Waals surface area contributed by atoms with Crippen molar-refractivity contribution >= 4 is 11.8 Å². The van der Waals surface area contributed by atoms with E-state index in [-0.39, 0.29) is 0 Å². The lowest BCUT2D eigenvalue weighted by molar-refractivity contribution is 0.318. The third-order valence-corrected chi connectivity index (χ3v) is 3.88. The number of nitrogens with zero attached hydrogens (tertiary/aromatic N) is 2. The van der Waals surface area contributed by atoms with Crippen molar-refractivity contribution in [3.63, 3.8) is 0 Å². The first-order chi connectivity index (χ1) is 9.72. The average molecular weight is 288 g/mol. The fourth-order valence-electron chi connectivity index (χ4n) is 2.15. The van der Waals surface area contributed by atoms with Crippen LogP contribution in [0.15, 0.2) is 47.6 Å². The number of aromatic nitrogens is 1. The van der Waals surface area contributed by atoms with Gasteiger partial charge in [-0.05, 0) is 48.7 Å². The van der Waals surface area contributed by atoms with E-state index in [1.54, 1.807) is 18.9 Å². The summed E-state index contributed by atoms with van der Waals surface area (Å²) in [6, 6.07) is 10.5. The highest BCUT2D eigenvalue weighted by atomic mass is 32.2. The van der Waals surface area contributed by atoms with Gasteiger partial charge >= 0.3 is 0 Å². The Bertz CT molecular complexity index is 545. The Balaban J connectivity index is 2.02. The van der Waals surface area contributed by atoms with E-state index in [1.807, 2.05) is 24.5 Å². The van der Waals surface area contributed by atoms with Crippen molar-refractivity contribution in [2.45, 2.75) is 18.0 Å². The van der Waals surface area contributed by atoms with E-state index < -0.39 is 0 Å². The maximum absolute atomic E-state index is 5.43. The number of pyridine rings is 1. The smallest absolute Gasteiger partial charge is 0.132 e. The maximum atomic E-state index is 5.43. The van der Waals surface area contributed by atoms with E-state index in [4.69, 9.17) is 4.74 Å². The van der Waals surface area contributed by atoms with Gasteiger partial charge in [0.25, 0.3) is 0 Å². The maximum Gasteiger partial charge on any atom is 0.132 e. The predicted octanol–water partition coefficient (Wildman–Crippen LogP) is 3.44. The molecular formula is C16H20N2OS. The number of hydrogen-bond acceptors (Lipinski definition) is 4. The molecule has 2 rings (SSSR count). The van der Waals surface area contributed by atoms with Gasteiger partial charge in [-0.2, -0.15) is 0 Å². The molecule has 0 radical (unpaired) electrons. The van der Waals surface area contributed by atoms with Crippen LogP contribution < -0.4 is 4.74 Å². The summed E-state index contributed by atoms with van der Waals surface area (Å²) < 4.78 is 5.43. The molecule has 2 aromatic rings. The molecule has 0 amide bonds. The van der Waals surface area contributed by atoms with Crippen LogP contribution in [0.25, 0.3) is 0 Å². The van der Waals surface area contributed by atoms with Crippen LogP contribution in [0.3, 0.4) is 0 Å². The summed E-state index contributed by atoms with van der Waals surface area (Å²) in [6.45, 7) is 1.81. The lowest BCUT2D eigenvalue weighted by atomic mass is 10.2. The fraction of sp³-hybridized carbons (Fsp3) is 0.312. The molecular weight excluding hydrogens is 268 g/mol. The molecule has 0 atom stereocenters. The lowest BCUT2D eigenvalue weighted by Gasteiger charge is -2.17. The Hall–Kier alpha value is -1.52. The number of hydrogen-bond donors (Lipinski definition) is 0. The first-order valence-corrected chi connectivity index (χ1v) is 7.73. The molecule has 1 aromatic heterocycles. The standard InChI is InChI=1S/C16H20N2OS/c1-18(11-13-6-8-17-9-7-13)12-14-4-5-16(20-3)15(10-14)19-2/h4-10H,11-12H2,1-3H3. The lowest BCUT2D eigenvalue weighted by Crippen LogP contribution is -2.17. The number of ether oxygens (including phenoxy) is 1. The predicted molar refractivity (Wildman–Crippen MR) is 84.2 cm³/mol. The van der Waals surface area contributed by atoms with Crippen molar-refractivity contribution in [1.82, 2.24) is 9.88 Å². The molecule has 0 aliphatic carbocycles. The Morgan fingerprint density at radius 3 is 2.45 bits per heavy atom. The molecule has 0 aliphatic heterocycles. The van der Waals surface area contributed by atoms with Gasteiger partial charge in [0.15, 0.2) is 0 Å². The Morgan fingerprint density at radius 2 is 1.80 bits per heavy atom. The third kappa shape index (κ3) is 3.99. The largest absolute Gasteiger partial charge is 0.496 e. The van der Waals surface area contributed by atoms with E-state index in [0.717, 1.165) is 18.8 Å². The van der Waals surface area contributed by atoms with E-state index >= 15 is 0 Å². The molecule has 0 bridgehead atoms. The Kier molecular flexibility index (Phi) is 5.44. The summed E-state index contributed by atoms with van der Waals surface area (Å²) in [4.78, 5) is 7.50. The third-order valence-electron chi connectivity index (χ3n) is 3.10. The molecule has 0 spiro atoms. The highest BCUT2D eigenvalue weighted by molar-refractivity contribution is 7.98. The molecule has 0 saturated heterocycles. The molecule has 20 heavy (non-hydrogen) atoms. The molecule has 0 unspecified atom stereocenters. The summed E-state index contributed by atoms with van der Waals surface area (Å²) in [5.41, 5.74) is 2.53. The van der Waals surface area contributed by atoms with Crippen LogP contribution in [0.2, 0.25) is 0 Å². The van der Waals surface area contributed by atoms with Crippen LogP contribution in [-0.2, 0) is 13.1 Å². The minimum atomic E-state index is 0.896. The molecule has 0 fully saturated rings. The molecule has 0 aliphatic rings. The molecule has 4 heteroatoms. The number of methoxy groups -OCH3 is 1. The first kappa shape index (κ1) is 14.9. The SMILES string of the molecule is COc1cc(CN(C)Cc2ccncc2)ccc1SC. The van der Waals surface area contributed by atoms with Crippen LogP contribution in [0.1, 0.15) is 11.1 Å². The zero-order chi connectivity index (χ0) is 14.4. The zero-order valence-electron chi connectivity index (χ0n) is 12.2. The normalized spacial score (nSPS) is 10.8. The zero-order valence-corrected chi connectivity index (χ0v) is 13.0. The Morgan fingerprint density at radius 1 is 1.10 bits per heavy atom. The summed E-state index contributed by atoms with van der Waals surface area (Å²) >= 11 is 1.70. The minimum Gasteiger partial charge on any atom is -0.496 e. The second kappa shape index (κ2) is 7.31. The van der Waals surface area contributed by atoms with Crippen molar-refractivity contribution in [3.05, 3.63) is 53.9 Å². The van der Waals surface area contributed by atoms with Crippen LogP contribution in [0.5, 0.6) is 5.75 Å². The monoisotopic (exact) mass is 288 g/mol. The molecule has 0 saturated carbocycles. The average Bonchev–Trinajstić information content (AvgIpc) is 2.48. The number of thioether (sulfide) groups is 1. The first-order valence-electron chi connectivity index (χ1n) is 6.51. The van der Waals surface area contributed by atoms with Gasteiger partial charge < -0.3 is 4.74 Å². The number of rotatable bonds is 6. The van der Waals surface area contributed by atoms with Crippen LogP contribution >= 0.6 is 11.8 Å². The second-order valence-corrected chi connectivity index (χ2v) is 5.57. The second-order valence-electron chi connectivity index (χ2n) is 4.72. The quantitative estimate of drug-likeness (QED) is 0.760. The van der Waals surface area contributed by atoms with Gasteiger partial charge in [-0.15, -0.1) is 11.8 Å². The minimum absolute atomic E-state index is 0.896. The van der Waals surface area contributed by atoms with Gasteiger partial charge in [0.2, 0.25) is 0 Å². The van der Waals surface area contributed by atoms with Crippen LogP contribution in [0.4, 0.5) is 0 Å². The highest BCUT2D eigenvalue weighted by Gasteiger charge is 2.06. The summed E-state index contributed by atoms with van der Waals surface area (Å²) in [7, 11) is 3.84. The van der Waals surface area contributed by atoms with E-state index in [2.05, 4.69) is 41.4 Å². The van der Waals surface area contributed by atoms with E-state index in [1.165, 1.54) is 16.0 Å². The van der Waals surface area contributed by atoms with E-state index in [0.29, 0.717) is 0 Å². The van der Waals surface area contributed by atoms with Crippen molar-refractivity contribution < 1.29 is 4.74 Å². The van der Waals surface area contributed by atoms with Crippen LogP contribution in [0, 0.1) is 0 Å². The van der Waals surface area contributed by atoms with Gasteiger partial charge in [-0.25, -0.2) is 0 Å². The van der Waals surface area contributed by atoms with Gasteiger partial charge in [0.05, 0.1) is 7.11 Å². The van der Waals surface area contributed by atoms with Crippen LogP contribution in [-0.4, -0.2) is 30.3 Å². The molecule has 1 aromatic carbocycles. The fourth-order valence-corrected chi connectivity index (χ4v) is 2.69. The molecule has 1 heterocycles. The summed E-state index contributed by atoms with van der Waals surface area (Å²) in [5, 5.41) is 0. The van der Waals surface area contributed by atoms with Gasteiger partial charge in [0.1, 0.15) is 5.75 Å².